The van der Waals surface area contributed by atoms with Crippen LogP contribution in [-0.2, 0) is 17.6 Å². The summed E-state index contributed by atoms with van der Waals surface area (Å²) in [5, 5.41) is 2.88. The summed E-state index contributed by atoms with van der Waals surface area (Å²) in [6.45, 7) is 11.5. The Balaban J connectivity index is 0.000000196. The van der Waals surface area contributed by atoms with E-state index in [9.17, 15) is 4.79 Å². The molecule has 0 radical (unpaired) electrons. The van der Waals surface area contributed by atoms with E-state index in [1.165, 1.54) is 22.3 Å². The molecule has 0 aliphatic rings. The second-order valence-electron chi connectivity index (χ2n) is 8.68. The summed E-state index contributed by atoms with van der Waals surface area (Å²) in [7, 11) is 0. The molecule has 0 bridgehead atoms. The molecule has 1 amide bonds. The molecule has 4 aromatic rings. The van der Waals surface area contributed by atoms with Gasteiger partial charge in [-0.1, -0.05) is 120 Å². The minimum Gasteiger partial charge on any atom is -0.352 e. The standard InChI is InChI=1S/C16H17NO.C16H15N/c1-13-7-9-14(10-8-13)11-16(17-12-18)15-5-3-2-4-6-15;1-13-8-10-14(11-9-13)12-16(17-2)15-6-4-3-5-7-15/h2-10,12,16H,11H2,1H3,(H,17,18);3-11,16H,12H2,1H3. The molecule has 0 aliphatic carbocycles. The van der Waals surface area contributed by atoms with Crippen LogP contribution in [0.5, 0.6) is 0 Å². The van der Waals surface area contributed by atoms with Gasteiger partial charge in [-0.15, -0.1) is 0 Å². The summed E-state index contributed by atoms with van der Waals surface area (Å²) in [4.78, 5) is 14.4. The summed E-state index contributed by atoms with van der Waals surface area (Å²) in [5.41, 5.74) is 7.18. The third-order valence-electron chi connectivity index (χ3n) is 5.92. The molecule has 4 aromatic carbocycles. The monoisotopic (exact) mass is 460 g/mol. The highest BCUT2D eigenvalue weighted by Crippen LogP contribution is 2.22. The Hall–Kier alpha value is -4.16. The minimum atomic E-state index is -0.0705. The number of aryl methyl sites for hydroxylation is 2. The smallest absolute Gasteiger partial charge is 0.252 e. The molecule has 2 unspecified atom stereocenters. The van der Waals surface area contributed by atoms with E-state index in [-0.39, 0.29) is 12.1 Å². The average molecular weight is 461 g/mol. The molecule has 1 N–H and O–H groups in total. The van der Waals surface area contributed by atoms with Crippen LogP contribution in [0.15, 0.2) is 109 Å². The number of carbonyl (C=O) groups is 1. The molecule has 35 heavy (non-hydrogen) atoms. The van der Waals surface area contributed by atoms with Crippen molar-refractivity contribution >= 4 is 6.41 Å². The maximum Gasteiger partial charge on any atom is 0.252 e. The van der Waals surface area contributed by atoms with Crippen molar-refractivity contribution in [2.75, 3.05) is 0 Å². The topological polar surface area (TPSA) is 33.5 Å². The zero-order valence-corrected chi connectivity index (χ0v) is 20.4. The molecule has 2 atom stereocenters. The van der Waals surface area contributed by atoms with E-state index in [0.717, 1.165) is 30.4 Å². The van der Waals surface area contributed by atoms with E-state index in [1.807, 2.05) is 60.7 Å². The number of carbonyl (C=O) groups excluding carboxylic acids is 1. The first kappa shape index (κ1) is 25.5. The number of nitrogens with one attached hydrogen (secondary N) is 1. The maximum absolute atomic E-state index is 10.7. The van der Waals surface area contributed by atoms with Crippen molar-refractivity contribution in [1.82, 2.24) is 5.32 Å². The zero-order valence-electron chi connectivity index (χ0n) is 20.4. The Kier molecular flexibility index (Phi) is 9.84. The van der Waals surface area contributed by atoms with Crippen LogP contribution in [0, 0.1) is 20.4 Å². The number of rotatable bonds is 8. The van der Waals surface area contributed by atoms with Gasteiger partial charge < -0.3 is 10.2 Å². The maximum atomic E-state index is 10.7. The highest BCUT2D eigenvalue weighted by Gasteiger charge is 2.15. The van der Waals surface area contributed by atoms with Crippen molar-refractivity contribution in [3.05, 3.63) is 154 Å². The second kappa shape index (κ2) is 13.5. The zero-order chi connectivity index (χ0) is 24.9. The van der Waals surface area contributed by atoms with Gasteiger partial charge in [0.05, 0.1) is 12.5 Å². The molecule has 0 saturated carbocycles. The van der Waals surface area contributed by atoms with Gasteiger partial charge in [0.25, 0.3) is 6.04 Å². The molecule has 0 fully saturated rings. The molecule has 0 heterocycles. The first-order valence-corrected chi connectivity index (χ1v) is 11.9. The number of benzene rings is 4. The first-order chi connectivity index (χ1) is 17.1. The molecule has 3 nitrogen and oxygen atoms in total. The Labute approximate surface area is 209 Å². The van der Waals surface area contributed by atoms with Gasteiger partial charge >= 0.3 is 0 Å². The van der Waals surface area contributed by atoms with E-state index >= 15 is 0 Å². The average Bonchev–Trinajstić information content (AvgIpc) is 2.91. The SMILES string of the molecule is Cc1ccc(CC(NC=O)c2ccccc2)cc1.[C-]#[N+]C(Cc1ccc(C)cc1)c1ccccc1. The Morgan fingerprint density at radius 3 is 1.60 bits per heavy atom. The summed E-state index contributed by atoms with van der Waals surface area (Å²) in [5.74, 6) is 0. The van der Waals surface area contributed by atoms with Crippen LogP contribution in [0.1, 0.15) is 45.5 Å². The van der Waals surface area contributed by atoms with Crippen LogP contribution in [0.2, 0.25) is 0 Å². The number of hydrogen-bond donors (Lipinski definition) is 1. The number of hydrogen-bond acceptors (Lipinski definition) is 1. The van der Waals surface area contributed by atoms with Gasteiger partial charge in [0.15, 0.2) is 0 Å². The fraction of sp³-hybridized carbons (Fsp3) is 0.188. The molecule has 0 aliphatic heterocycles. The third kappa shape index (κ3) is 8.28. The van der Waals surface area contributed by atoms with Gasteiger partial charge in [-0.2, -0.15) is 0 Å². The molecule has 3 heteroatoms. The normalized spacial score (nSPS) is 11.8. The third-order valence-corrected chi connectivity index (χ3v) is 5.92. The van der Waals surface area contributed by atoms with Crippen LogP contribution in [-0.4, -0.2) is 6.41 Å². The Bertz CT molecular complexity index is 1190. The van der Waals surface area contributed by atoms with Crippen molar-refractivity contribution in [2.24, 2.45) is 0 Å². The summed E-state index contributed by atoms with van der Waals surface area (Å²) in [6, 6.07) is 36.8. The minimum absolute atomic E-state index is 0.0337. The van der Waals surface area contributed by atoms with Crippen molar-refractivity contribution in [1.29, 1.82) is 0 Å². The lowest BCUT2D eigenvalue weighted by molar-refractivity contribution is -0.110. The molecule has 176 valence electrons. The molecule has 4 rings (SSSR count). The fourth-order valence-corrected chi connectivity index (χ4v) is 3.86. The highest BCUT2D eigenvalue weighted by molar-refractivity contribution is 5.48. The summed E-state index contributed by atoms with van der Waals surface area (Å²) >= 11 is 0. The first-order valence-electron chi connectivity index (χ1n) is 11.9. The van der Waals surface area contributed by atoms with Gasteiger partial charge in [0.2, 0.25) is 6.41 Å². The van der Waals surface area contributed by atoms with Crippen molar-refractivity contribution in [3.63, 3.8) is 0 Å². The van der Waals surface area contributed by atoms with Gasteiger partial charge in [0, 0.05) is 5.56 Å². The van der Waals surface area contributed by atoms with Crippen LogP contribution in [0.3, 0.4) is 0 Å². The largest absolute Gasteiger partial charge is 0.352 e. The number of nitrogens with zero attached hydrogens (tertiary/aromatic N) is 1. The van der Waals surface area contributed by atoms with E-state index < -0.39 is 0 Å². The predicted octanol–water partition coefficient (Wildman–Crippen LogP) is 7.22. The Morgan fingerprint density at radius 2 is 1.14 bits per heavy atom. The van der Waals surface area contributed by atoms with Crippen molar-refractivity contribution in [3.8, 4) is 0 Å². The molecular formula is C32H32N2O. The lowest BCUT2D eigenvalue weighted by Crippen LogP contribution is -2.21. The second-order valence-corrected chi connectivity index (χ2v) is 8.68. The number of amides is 1. The van der Waals surface area contributed by atoms with E-state index in [1.54, 1.807) is 0 Å². The van der Waals surface area contributed by atoms with E-state index in [4.69, 9.17) is 6.57 Å². The lowest BCUT2D eigenvalue weighted by atomic mass is 9.98. The molecule has 0 aromatic heterocycles. The van der Waals surface area contributed by atoms with E-state index in [0.29, 0.717) is 0 Å². The van der Waals surface area contributed by atoms with E-state index in [2.05, 4.69) is 72.5 Å². The fourth-order valence-electron chi connectivity index (χ4n) is 3.86. The highest BCUT2D eigenvalue weighted by atomic mass is 16.1. The summed E-state index contributed by atoms with van der Waals surface area (Å²) < 4.78 is 0. The van der Waals surface area contributed by atoms with Gasteiger partial charge in [-0.25, -0.2) is 6.57 Å². The van der Waals surface area contributed by atoms with Gasteiger partial charge in [-0.05, 0) is 37.0 Å². The Morgan fingerprint density at radius 1 is 0.686 bits per heavy atom. The van der Waals surface area contributed by atoms with Gasteiger partial charge in [0.1, 0.15) is 0 Å². The lowest BCUT2D eigenvalue weighted by Gasteiger charge is -2.16. The van der Waals surface area contributed by atoms with Crippen LogP contribution in [0.25, 0.3) is 4.85 Å². The van der Waals surface area contributed by atoms with Crippen LogP contribution >= 0.6 is 0 Å². The van der Waals surface area contributed by atoms with Crippen LogP contribution < -0.4 is 5.32 Å². The van der Waals surface area contributed by atoms with Crippen molar-refractivity contribution in [2.45, 2.75) is 38.8 Å². The molecular weight excluding hydrogens is 428 g/mol. The molecule has 0 saturated heterocycles. The quantitative estimate of drug-likeness (QED) is 0.218. The predicted molar refractivity (Wildman–Crippen MR) is 144 cm³/mol. The summed E-state index contributed by atoms with van der Waals surface area (Å²) in [6.07, 6.45) is 2.36. The molecule has 0 spiro atoms. The van der Waals surface area contributed by atoms with Crippen molar-refractivity contribution < 1.29 is 4.79 Å². The van der Waals surface area contributed by atoms with Gasteiger partial charge in [-0.3, -0.25) is 4.79 Å². The van der Waals surface area contributed by atoms with Crippen LogP contribution in [0.4, 0.5) is 0 Å².